The molecule has 0 aliphatic heterocycles. The molecule has 0 saturated heterocycles. The topological polar surface area (TPSA) is 102 Å². The molecule has 25 heavy (non-hydrogen) atoms. The lowest BCUT2D eigenvalue weighted by molar-refractivity contribution is -0.143. The number of nitrogens with two attached hydrogens (primary N) is 1. The standard InChI is InChI=1S/C18H19FN2O4/c1-11(25-10-12-5-3-2-4-6-12)16(18(23)24)21-17(22)14-8-7-13(19)9-15(14)20/h2-9,11,16H,10,20H2,1H3,(H,21,22)(H,23,24)/t11-,16+/m1/s1. The number of amides is 1. The zero-order chi connectivity index (χ0) is 18.4. The quantitative estimate of drug-likeness (QED) is 0.667. The molecule has 0 aromatic heterocycles. The lowest BCUT2D eigenvalue weighted by Gasteiger charge is -2.22. The third-order valence-electron chi connectivity index (χ3n) is 3.64. The average molecular weight is 346 g/mol. The van der Waals surface area contributed by atoms with Crippen molar-refractivity contribution in [2.24, 2.45) is 0 Å². The molecule has 2 atom stereocenters. The van der Waals surface area contributed by atoms with E-state index in [4.69, 9.17) is 10.5 Å². The van der Waals surface area contributed by atoms with E-state index in [1.807, 2.05) is 30.3 Å². The molecule has 0 fully saturated rings. The molecule has 0 unspecified atom stereocenters. The van der Waals surface area contributed by atoms with Crippen LogP contribution in [0.25, 0.3) is 0 Å². The van der Waals surface area contributed by atoms with Gasteiger partial charge in [-0.25, -0.2) is 9.18 Å². The number of hydrogen-bond donors (Lipinski definition) is 3. The third-order valence-corrected chi connectivity index (χ3v) is 3.64. The zero-order valence-corrected chi connectivity index (χ0v) is 13.6. The van der Waals surface area contributed by atoms with Gasteiger partial charge in [0, 0.05) is 5.69 Å². The number of hydrogen-bond acceptors (Lipinski definition) is 4. The van der Waals surface area contributed by atoms with Crippen molar-refractivity contribution in [3.05, 3.63) is 65.5 Å². The Morgan fingerprint density at radius 2 is 1.92 bits per heavy atom. The third kappa shape index (κ3) is 5.02. The summed E-state index contributed by atoms with van der Waals surface area (Å²) < 4.78 is 18.6. The minimum absolute atomic E-state index is 0.00269. The Labute approximate surface area is 144 Å². The Hall–Kier alpha value is -2.93. The molecule has 7 heteroatoms. The van der Waals surface area contributed by atoms with E-state index in [0.717, 1.165) is 17.7 Å². The van der Waals surface area contributed by atoms with Gasteiger partial charge >= 0.3 is 5.97 Å². The van der Waals surface area contributed by atoms with Gasteiger partial charge in [0.1, 0.15) is 5.82 Å². The number of ether oxygens (including phenoxy) is 1. The number of rotatable bonds is 7. The van der Waals surface area contributed by atoms with Crippen LogP contribution in [0.4, 0.5) is 10.1 Å². The highest BCUT2D eigenvalue weighted by Crippen LogP contribution is 2.14. The van der Waals surface area contributed by atoms with E-state index >= 15 is 0 Å². The van der Waals surface area contributed by atoms with Crippen LogP contribution in [0.15, 0.2) is 48.5 Å². The molecule has 2 aromatic rings. The van der Waals surface area contributed by atoms with E-state index in [1.54, 1.807) is 6.92 Å². The van der Waals surface area contributed by atoms with Crippen molar-refractivity contribution in [3.8, 4) is 0 Å². The number of carboxylic acid groups (broad SMARTS) is 1. The van der Waals surface area contributed by atoms with Gasteiger partial charge in [-0.05, 0) is 30.7 Å². The molecule has 132 valence electrons. The maximum atomic E-state index is 13.1. The summed E-state index contributed by atoms with van der Waals surface area (Å²) in [4.78, 5) is 23.7. The van der Waals surface area contributed by atoms with Gasteiger partial charge in [0.25, 0.3) is 5.91 Å². The molecule has 2 aromatic carbocycles. The first-order valence-electron chi connectivity index (χ1n) is 7.62. The van der Waals surface area contributed by atoms with Crippen molar-refractivity contribution in [1.29, 1.82) is 0 Å². The Kier molecular flexibility index (Phi) is 6.08. The van der Waals surface area contributed by atoms with Crippen molar-refractivity contribution >= 4 is 17.6 Å². The molecular weight excluding hydrogens is 327 g/mol. The maximum absolute atomic E-state index is 13.1. The van der Waals surface area contributed by atoms with E-state index in [0.29, 0.717) is 0 Å². The predicted molar refractivity (Wildman–Crippen MR) is 90.4 cm³/mol. The fourth-order valence-corrected chi connectivity index (χ4v) is 2.24. The van der Waals surface area contributed by atoms with Gasteiger partial charge in [-0.3, -0.25) is 4.79 Å². The van der Waals surface area contributed by atoms with Gasteiger partial charge in [0.05, 0.1) is 18.3 Å². The van der Waals surface area contributed by atoms with Crippen LogP contribution in [0.1, 0.15) is 22.8 Å². The van der Waals surface area contributed by atoms with Gasteiger partial charge in [0.15, 0.2) is 6.04 Å². The minimum atomic E-state index is -1.28. The molecule has 4 N–H and O–H groups in total. The van der Waals surface area contributed by atoms with Gasteiger partial charge < -0.3 is 20.9 Å². The molecule has 0 aliphatic carbocycles. The summed E-state index contributed by atoms with van der Waals surface area (Å²) >= 11 is 0. The molecule has 0 heterocycles. The first-order chi connectivity index (χ1) is 11.9. The number of carbonyl (C=O) groups excluding carboxylic acids is 1. The molecule has 0 saturated carbocycles. The number of halogens is 1. The molecule has 0 bridgehead atoms. The number of anilines is 1. The summed E-state index contributed by atoms with van der Waals surface area (Å²) in [5.74, 6) is -2.53. The monoisotopic (exact) mass is 346 g/mol. The van der Waals surface area contributed by atoms with Crippen LogP contribution < -0.4 is 11.1 Å². The predicted octanol–water partition coefficient (Wildman–Crippen LogP) is 2.20. The Morgan fingerprint density at radius 1 is 1.24 bits per heavy atom. The van der Waals surface area contributed by atoms with E-state index in [2.05, 4.69) is 5.32 Å². The first kappa shape index (κ1) is 18.4. The highest BCUT2D eigenvalue weighted by molar-refractivity contribution is 6.00. The van der Waals surface area contributed by atoms with E-state index in [9.17, 15) is 19.1 Å². The number of benzene rings is 2. The molecular formula is C18H19FN2O4. The number of nitrogens with one attached hydrogen (secondary N) is 1. The van der Waals surface area contributed by atoms with Crippen molar-refractivity contribution in [2.45, 2.75) is 25.7 Å². The van der Waals surface area contributed by atoms with Crippen LogP contribution in [-0.2, 0) is 16.1 Å². The highest BCUT2D eigenvalue weighted by Gasteiger charge is 2.28. The molecule has 0 spiro atoms. The Balaban J connectivity index is 2.04. The van der Waals surface area contributed by atoms with Crippen molar-refractivity contribution in [2.75, 3.05) is 5.73 Å². The SMILES string of the molecule is C[C@@H](OCc1ccccc1)[C@H](NC(=O)c1ccc(F)cc1N)C(=O)O. The van der Waals surface area contributed by atoms with Crippen LogP contribution in [0.3, 0.4) is 0 Å². The average Bonchev–Trinajstić information content (AvgIpc) is 2.58. The second-order valence-electron chi connectivity index (χ2n) is 5.52. The normalized spacial score (nSPS) is 13.0. The van der Waals surface area contributed by atoms with Crippen LogP contribution in [0.2, 0.25) is 0 Å². The summed E-state index contributed by atoms with van der Waals surface area (Å²) in [5, 5.41) is 11.7. The summed E-state index contributed by atoms with van der Waals surface area (Å²) in [6.07, 6.45) is -0.789. The van der Waals surface area contributed by atoms with Gasteiger partial charge in [-0.15, -0.1) is 0 Å². The summed E-state index contributed by atoms with van der Waals surface area (Å²) in [7, 11) is 0. The summed E-state index contributed by atoms with van der Waals surface area (Å²) in [6.45, 7) is 1.76. The van der Waals surface area contributed by atoms with Crippen molar-refractivity contribution in [1.82, 2.24) is 5.32 Å². The van der Waals surface area contributed by atoms with Crippen LogP contribution in [0, 0.1) is 5.82 Å². The molecule has 6 nitrogen and oxygen atoms in total. The lowest BCUT2D eigenvalue weighted by atomic mass is 10.1. The molecule has 0 aliphatic rings. The smallest absolute Gasteiger partial charge is 0.328 e. The van der Waals surface area contributed by atoms with Gasteiger partial charge in [-0.2, -0.15) is 0 Å². The second-order valence-corrected chi connectivity index (χ2v) is 5.52. The lowest BCUT2D eigenvalue weighted by Crippen LogP contribution is -2.48. The van der Waals surface area contributed by atoms with Crippen molar-refractivity contribution < 1.29 is 23.8 Å². The number of carboxylic acids is 1. The van der Waals surface area contributed by atoms with Crippen LogP contribution in [0.5, 0.6) is 0 Å². The Bertz CT molecular complexity index is 752. The van der Waals surface area contributed by atoms with E-state index in [1.165, 1.54) is 6.07 Å². The van der Waals surface area contributed by atoms with E-state index in [-0.39, 0.29) is 17.9 Å². The number of carbonyl (C=O) groups is 2. The zero-order valence-electron chi connectivity index (χ0n) is 13.6. The van der Waals surface area contributed by atoms with E-state index < -0.39 is 29.8 Å². The maximum Gasteiger partial charge on any atom is 0.328 e. The molecule has 1 amide bonds. The highest BCUT2D eigenvalue weighted by atomic mass is 19.1. The summed E-state index contributed by atoms with van der Waals surface area (Å²) in [5.41, 5.74) is 6.42. The van der Waals surface area contributed by atoms with Crippen molar-refractivity contribution in [3.63, 3.8) is 0 Å². The Morgan fingerprint density at radius 3 is 2.52 bits per heavy atom. The van der Waals surface area contributed by atoms with Crippen LogP contribution in [-0.4, -0.2) is 29.1 Å². The molecule has 2 rings (SSSR count). The largest absolute Gasteiger partial charge is 0.480 e. The fourth-order valence-electron chi connectivity index (χ4n) is 2.24. The fraction of sp³-hybridized carbons (Fsp3) is 0.222. The van der Waals surface area contributed by atoms with Gasteiger partial charge in [0.2, 0.25) is 0 Å². The minimum Gasteiger partial charge on any atom is -0.480 e. The van der Waals surface area contributed by atoms with Gasteiger partial charge in [-0.1, -0.05) is 30.3 Å². The second kappa shape index (κ2) is 8.25. The summed E-state index contributed by atoms with van der Waals surface area (Å²) in [6, 6.07) is 11.3. The van der Waals surface area contributed by atoms with Crippen LogP contribution >= 0.6 is 0 Å². The number of nitrogen functional groups attached to an aromatic ring is 1. The molecule has 0 radical (unpaired) electrons. The first-order valence-corrected chi connectivity index (χ1v) is 7.62. The number of aliphatic carboxylic acids is 1.